The first kappa shape index (κ1) is 15.8. The molecule has 1 heterocycles. The number of aromatic nitrogens is 1. The molecule has 0 saturated heterocycles. The van der Waals surface area contributed by atoms with E-state index in [0.29, 0.717) is 6.54 Å². The zero-order valence-electron chi connectivity index (χ0n) is 11.8. The lowest BCUT2D eigenvalue weighted by atomic mass is 10.2. The molecule has 0 aliphatic carbocycles. The van der Waals surface area contributed by atoms with Crippen LogP contribution < -0.4 is 5.32 Å². The molecule has 0 aliphatic heterocycles. The normalized spacial score (nSPS) is 11.1. The van der Waals surface area contributed by atoms with Gasteiger partial charge >= 0.3 is 6.09 Å². The standard InChI is InChI=1S/C14H22N2O2S/c1-14(2,3)18-13(17)16-7-4-10-19-11-12-5-8-15-9-6-12/h5-6,8-9H,4,7,10-11H2,1-3H3,(H,16,17). The first-order chi connectivity index (χ1) is 8.97. The number of pyridine rings is 1. The van der Waals surface area contributed by atoms with Crippen molar-refractivity contribution in [3.8, 4) is 0 Å². The number of amides is 1. The summed E-state index contributed by atoms with van der Waals surface area (Å²) in [6.45, 7) is 6.23. The highest BCUT2D eigenvalue weighted by Gasteiger charge is 2.15. The summed E-state index contributed by atoms with van der Waals surface area (Å²) in [5.41, 5.74) is 0.847. The average Bonchev–Trinajstić information content (AvgIpc) is 2.32. The number of hydrogen-bond acceptors (Lipinski definition) is 4. The Hall–Kier alpha value is -1.23. The Balaban J connectivity index is 2.01. The Morgan fingerprint density at radius 3 is 2.68 bits per heavy atom. The Bertz CT molecular complexity index is 377. The van der Waals surface area contributed by atoms with Gasteiger partial charge < -0.3 is 10.1 Å². The highest BCUT2D eigenvalue weighted by atomic mass is 32.2. The maximum Gasteiger partial charge on any atom is 0.407 e. The molecule has 0 saturated carbocycles. The Morgan fingerprint density at radius 2 is 2.05 bits per heavy atom. The predicted molar refractivity (Wildman–Crippen MR) is 79.3 cm³/mol. The van der Waals surface area contributed by atoms with Gasteiger partial charge in [0.15, 0.2) is 0 Å². The van der Waals surface area contributed by atoms with Crippen LogP contribution >= 0.6 is 11.8 Å². The average molecular weight is 282 g/mol. The van der Waals surface area contributed by atoms with Crippen molar-refractivity contribution in [2.45, 2.75) is 38.5 Å². The van der Waals surface area contributed by atoms with Crippen LogP contribution in [0.1, 0.15) is 32.8 Å². The lowest BCUT2D eigenvalue weighted by molar-refractivity contribution is 0.0528. The van der Waals surface area contributed by atoms with Crippen LogP contribution in [-0.4, -0.2) is 29.0 Å². The molecule has 1 rings (SSSR count). The predicted octanol–water partition coefficient (Wildman–Crippen LogP) is 3.23. The molecule has 1 aromatic heterocycles. The topological polar surface area (TPSA) is 51.2 Å². The van der Waals surface area contributed by atoms with Crippen molar-refractivity contribution in [3.05, 3.63) is 30.1 Å². The molecule has 0 fully saturated rings. The van der Waals surface area contributed by atoms with Crippen LogP contribution in [0, 0.1) is 0 Å². The van der Waals surface area contributed by atoms with Gasteiger partial charge in [0.25, 0.3) is 0 Å². The minimum atomic E-state index is -0.430. The molecule has 19 heavy (non-hydrogen) atoms. The van der Waals surface area contributed by atoms with Gasteiger partial charge in [0.05, 0.1) is 0 Å². The number of alkyl carbamates (subject to hydrolysis) is 1. The molecule has 0 aliphatic rings. The SMILES string of the molecule is CC(C)(C)OC(=O)NCCCSCc1ccncc1. The minimum Gasteiger partial charge on any atom is -0.444 e. The van der Waals surface area contributed by atoms with Crippen LogP contribution in [0.5, 0.6) is 0 Å². The highest BCUT2D eigenvalue weighted by molar-refractivity contribution is 7.98. The number of thioether (sulfide) groups is 1. The third kappa shape index (κ3) is 8.48. The maximum atomic E-state index is 11.4. The second kappa shape index (κ2) is 8.04. The summed E-state index contributed by atoms with van der Waals surface area (Å²) in [6.07, 6.45) is 4.21. The van der Waals surface area contributed by atoms with E-state index in [-0.39, 0.29) is 6.09 Å². The van der Waals surface area contributed by atoms with E-state index in [1.807, 2.05) is 44.7 Å². The molecule has 5 heteroatoms. The number of carbonyl (C=O) groups excluding carboxylic acids is 1. The van der Waals surface area contributed by atoms with E-state index < -0.39 is 5.60 Å². The van der Waals surface area contributed by atoms with E-state index in [2.05, 4.69) is 10.3 Å². The van der Waals surface area contributed by atoms with E-state index in [9.17, 15) is 4.79 Å². The molecule has 0 radical (unpaired) electrons. The van der Waals surface area contributed by atoms with Crippen molar-refractivity contribution in [2.24, 2.45) is 0 Å². The lowest BCUT2D eigenvalue weighted by Crippen LogP contribution is -2.33. The molecule has 106 valence electrons. The summed E-state index contributed by atoms with van der Waals surface area (Å²) in [5.74, 6) is 1.99. The third-order valence-electron chi connectivity index (χ3n) is 2.15. The molecule has 4 nitrogen and oxygen atoms in total. The summed E-state index contributed by atoms with van der Waals surface area (Å²) in [4.78, 5) is 15.3. The van der Waals surface area contributed by atoms with Crippen LogP contribution in [-0.2, 0) is 10.5 Å². The molecule has 0 unspecified atom stereocenters. The number of ether oxygens (including phenoxy) is 1. The van der Waals surface area contributed by atoms with Crippen molar-refractivity contribution in [2.75, 3.05) is 12.3 Å². The van der Waals surface area contributed by atoms with E-state index >= 15 is 0 Å². The van der Waals surface area contributed by atoms with Crippen LogP contribution in [0.3, 0.4) is 0 Å². The van der Waals surface area contributed by atoms with Crippen molar-refractivity contribution in [1.82, 2.24) is 10.3 Å². The molecule has 1 aromatic rings. The second-order valence-electron chi connectivity index (χ2n) is 5.19. The molecule has 1 amide bonds. The van der Waals surface area contributed by atoms with E-state index in [1.165, 1.54) is 5.56 Å². The summed E-state index contributed by atoms with van der Waals surface area (Å²) in [5, 5.41) is 2.75. The van der Waals surface area contributed by atoms with E-state index in [0.717, 1.165) is 17.9 Å². The van der Waals surface area contributed by atoms with Gasteiger partial charge in [0.2, 0.25) is 0 Å². The van der Waals surface area contributed by atoms with Crippen molar-refractivity contribution in [3.63, 3.8) is 0 Å². The molecular weight excluding hydrogens is 260 g/mol. The van der Waals surface area contributed by atoms with Crippen molar-refractivity contribution in [1.29, 1.82) is 0 Å². The number of nitrogens with zero attached hydrogens (tertiary/aromatic N) is 1. The van der Waals surface area contributed by atoms with Gasteiger partial charge in [0.1, 0.15) is 5.60 Å². The van der Waals surface area contributed by atoms with Gasteiger partial charge in [-0.3, -0.25) is 4.98 Å². The van der Waals surface area contributed by atoms with Crippen molar-refractivity contribution >= 4 is 17.9 Å². The summed E-state index contributed by atoms with van der Waals surface area (Å²) < 4.78 is 5.15. The number of carbonyl (C=O) groups is 1. The van der Waals surface area contributed by atoms with Crippen LogP contribution in [0.2, 0.25) is 0 Å². The van der Waals surface area contributed by atoms with Crippen LogP contribution in [0.25, 0.3) is 0 Å². The Kier molecular flexibility index (Phi) is 6.70. The van der Waals surface area contributed by atoms with E-state index in [1.54, 1.807) is 12.4 Å². The largest absolute Gasteiger partial charge is 0.444 e. The molecule has 1 N–H and O–H groups in total. The van der Waals surface area contributed by atoms with Crippen LogP contribution in [0.15, 0.2) is 24.5 Å². The summed E-state index contributed by atoms with van der Waals surface area (Å²) in [7, 11) is 0. The van der Waals surface area contributed by atoms with Crippen LogP contribution in [0.4, 0.5) is 4.79 Å². The van der Waals surface area contributed by atoms with Gasteiger partial charge in [-0.05, 0) is 50.6 Å². The zero-order chi connectivity index (χ0) is 14.1. The van der Waals surface area contributed by atoms with E-state index in [4.69, 9.17) is 4.74 Å². The summed E-state index contributed by atoms with van der Waals surface area (Å²) in [6, 6.07) is 4.04. The Labute approximate surface area is 119 Å². The summed E-state index contributed by atoms with van der Waals surface area (Å²) >= 11 is 1.85. The number of rotatable bonds is 6. The second-order valence-corrected chi connectivity index (χ2v) is 6.30. The van der Waals surface area contributed by atoms with Gasteiger partial charge in [-0.15, -0.1) is 0 Å². The molecule has 0 aromatic carbocycles. The van der Waals surface area contributed by atoms with Gasteiger partial charge in [-0.2, -0.15) is 11.8 Å². The van der Waals surface area contributed by atoms with Gasteiger partial charge in [-0.25, -0.2) is 4.79 Å². The van der Waals surface area contributed by atoms with Gasteiger partial charge in [0, 0.05) is 24.7 Å². The maximum absolute atomic E-state index is 11.4. The fourth-order valence-electron chi connectivity index (χ4n) is 1.35. The highest BCUT2D eigenvalue weighted by Crippen LogP contribution is 2.11. The first-order valence-corrected chi connectivity index (χ1v) is 7.56. The number of hydrogen-bond donors (Lipinski definition) is 1. The smallest absolute Gasteiger partial charge is 0.407 e. The fraction of sp³-hybridized carbons (Fsp3) is 0.571. The molecular formula is C14H22N2O2S. The van der Waals surface area contributed by atoms with Crippen molar-refractivity contribution < 1.29 is 9.53 Å². The lowest BCUT2D eigenvalue weighted by Gasteiger charge is -2.19. The molecule has 0 spiro atoms. The monoisotopic (exact) mass is 282 g/mol. The third-order valence-corrected chi connectivity index (χ3v) is 3.27. The zero-order valence-corrected chi connectivity index (χ0v) is 12.6. The molecule has 0 bridgehead atoms. The number of nitrogens with one attached hydrogen (secondary N) is 1. The Morgan fingerprint density at radius 1 is 1.37 bits per heavy atom. The van der Waals surface area contributed by atoms with Gasteiger partial charge in [-0.1, -0.05) is 0 Å². The first-order valence-electron chi connectivity index (χ1n) is 6.41. The molecule has 0 atom stereocenters. The fourth-order valence-corrected chi connectivity index (χ4v) is 2.27. The minimum absolute atomic E-state index is 0.341. The quantitative estimate of drug-likeness (QED) is 0.814.